The summed E-state index contributed by atoms with van der Waals surface area (Å²) in [5, 5.41) is 13.2. The van der Waals surface area contributed by atoms with Crippen molar-refractivity contribution in [2.45, 2.75) is 19.0 Å². The smallest absolute Gasteiger partial charge is 0.119 e. The first-order chi connectivity index (χ1) is 10.1. The molecule has 0 heterocycles. The summed E-state index contributed by atoms with van der Waals surface area (Å²) in [5.74, 6) is 0.820. The van der Waals surface area contributed by atoms with Crippen LogP contribution in [0.3, 0.4) is 0 Å². The van der Waals surface area contributed by atoms with Crippen molar-refractivity contribution in [3.8, 4) is 5.75 Å². The summed E-state index contributed by atoms with van der Waals surface area (Å²) in [6.45, 7) is 2.65. The van der Waals surface area contributed by atoms with Crippen LogP contribution in [0.15, 0.2) is 53.0 Å². The molecule has 2 N–H and O–H groups in total. The summed E-state index contributed by atoms with van der Waals surface area (Å²) < 4.78 is 6.27. The largest absolute Gasteiger partial charge is 0.497 e. The molecule has 0 aliphatic heterocycles. The Kier molecular flexibility index (Phi) is 5.39. The Morgan fingerprint density at radius 3 is 2.52 bits per heavy atom. The Bertz CT molecular complexity index is 589. The molecule has 0 spiro atoms. The second kappa shape index (κ2) is 7.07. The molecule has 0 amide bonds. The van der Waals surface area contributed by atoms with Crippen molar-refractivity contribution in [2.75, 3.05) is 13.7 Å². The minimum Gasteiger partial charge on any atom is -0.497 e. The predicted octanol–water partition coefficient (Wildman–Crippen LogP) is 3.46. The maximum absolute atomic E-state index is 9.79. The second-order valence-corrected chi connectivity index (χ2v) is 6.02. The van der Waals surface area contributed by atoms with Crippen LogP contribution in [0, 0.1) is 0 Å². The number of rotatable bonds is 6. The van der Waals surface area contributed by atoms with Gasteiger partial charge in [0.25, 0.3) is 0 Å². The summed E-state index contributed by atoms with van der Waals surface area (Å²) in [4.78, 5) is 0. The molecule has 21 heavy (non-hydrogen) atoms. The van der Waals surface area contributed by atoms with Crippen LogP contribution < -0.4 is 10.1 Å². The number of nitrogens with one attached hydrogen (secondary N) is 1. The van der Waals surface area contributed by atoms with E-state index in [0.29, 0.717) is 6.54 Å². The van der Waals surface area contributed by atoms with Crippen molar-refractivity contribution in [2.24, 2.45) is 0 Å². The number of aliphatic hydroxyl groups excluding tert-OH is 1. The van der Waals surface area contributed by atoms with Crippen molar-refractivity contribution in [3.05, 3.63) is 64.1 Å². The number of hydrogen-bond acceptors (Lipinski definition) is 3. The van der Waals surface area contributed by atoms with E-state index in [4.69, 9.17) is 4.74 Å². The highest BCUT2D eigenvalue weighted by atomic mass is 79.9. The molecule has 0 fully saturated rings. The first kappa shape index (κ1) is 16.0. The van der Waals surface area contributed by atoms with Gasteiger partial charge in [0.05, 0.1) is 19.3 Å². The molecule has 4 heteroatoms. The molecule has 3 nitrogen and oxygen atoms in total. The zero-order valence-electron chi connectivity index (χ0n) is 12.3. The van der Waals surface area contributed by atoms with Crippen molar-refractivity contribution in [3.63, 3.8) is 0 Å². The fourth-order valence-corrected chi connectivity index (χ4v) is 2.55. The van der Waals surface area contributed by atoms with Gasteiger partial charge in [0.15, 0.2) is 0 Å². The van der Waals surface area contributed by atoms with E-state index in [9.17, 15) is 5.11 Å². The molecule has 0 bridgehead atoms. The lowest BCUT2D eigenvalue weighted by molar-refractivity contribution is 0.173. The van der Waals surface area contributed by atoms with Gasteiger partial charge in [0.1, 0.15) is 5.75 Å². The van der Waals surface area contributed by atoms with Gasteiger partial charge in [0.2, 0.25) is 0 Å². The predicted molar refractivity (Wildman–Crippen MR) is 88.4 cm³/mol. The number of methoxy groups -OCH3 is 1. The highest BCUT2D eigenvalue weighted by Crippen LogP contribution is 2.25. The number of aliphatic hydroxyl groups is 1. The Hall–Kier alpha value is -1.36. The van der Waals surface area contributed by atoms with Gasteiger partial charge in [-0.05, 0) is 36.2 Å². The van der Waals surface area contributed by atoms with Crippen molar-refractivity contribution in [1.29, 1.82) is 0 Å². The van der Waals surface area contributed by atoms with Gasteiger partial charge in [0, 0.05) is 11.0 Å². The lowest BCUT2D eigenvalue weighted by atomic mass is 9.92. The van der Waals surface area contributed by atoms with E-state index in [-0.39, 0.29) is 6.61 Å². The molecular formula is C17H20BrNO2. The average molecular weight is 350 g/mol. The molecule has 0 saturated heterocycles. The number of benzene rings is 2. The minimum atomic E-state index is -0.482. The van der Waals surface area contributed by atoms with Crippen molar-refractivity contribution >= 4 is 15.9 Å². The van der Waals surface area contributed by atoms with E-state index in [1.165, 1.54) is 0 Å². The molecule has 0 aliphatic rings. The molecule has 0 radical (unpaired) electrons. The molecule has 2 aromatic rings. The summed E-state index contributed by atoms with van der Waals surface area (Å²) >= 11 is 3.55. The van der Waals surface area contributed by atoms with Crippen molar-refractivity contribution in [1.82, 2.24) is 5.32 Å². The molecule has 0 saturated carbocycles. The summed E-state index contributed by atoms with van der Waals surface area (Å²) in [6, 6.07) is 15.8. The third-order valence-electron chi connectivity index (χ3n) is 3.65. The van der Waals surface area contributed by atoms with E-state index < -0.39 is 5.54 Å². The van der Waals surface area contributed by atoms with E-state index >= 15 is 0 Å². The van der Waals surface area contributed by atoms with Gasteiger partial charge in [-0.15, -0.1) is 0 Å². The van der Waals surface area contributed by atoms with Crippen LogP contribution >= 0.6 is 15.9 Å². The molecule has 112 valence electrons. The monoisotopic (exact) mass is 349 g/mol. The van der Waals surface area contributed by atoms with Gasteiger partial charge in [-0.1, -0.05) is 46.3 Å². The first-order valence-electron chi connectivity index (χ1n) is 6.83. The maximum Gasteiger partial charge on any atom is 0.119 e. The molecule has 0 aliphatic carbocycles. The van der Waals surface area contributed by atoms with Crippen LogP contribution in [0.4, 0.5) is 0 Å². The van der Waals surface area contributed by atoms with Gasteiger partial charge in [-0.3, -0.25) is 0 Å². The molecule has 1 unspecified atom stereocenters. The second-order valence-electron chi connectivity index (χ2n) is 5.17. The van der Waals surface area contributed by atoms with E-state index in [2.05, 4.69) is 21.2 Å². The number of ether oxygens (including phenoxy) is 1. The molecular weight excluding hydrogens is 330 g/mol. The highest BCUT2D eigenvalue weighted by molar-refractivity contribution is 9.10. The quantitative estimate of drug-likeness (QED) is 0.839. The Morgan fingerprint density at radius 2 is 1.90 bits per heavy atom. The highest BCUT2D eigenvalue weighted by Gasteiger charge is 2.25. The van der Waals surface area contributed by atoms with Gasteiger partial charge >= 0.3 is 0 Å². The van der Waals surface area contributed by atoms with Crippen LogP contribution in [0.25, 0.3) is 0 Å². The normalized spacial score (nSPS) is 13.7. The van der Waals surface area contributed by atoms with Gasteiger partial charge in [-0.25, -0.2) is 0 Å². The molecule has 1 atom stereocenters. The summed E-state index contributed by atoms with van der Waals surface area (Å²) in [5.41, 5.74) is 1.67. The van der Waals surface area contributed by atoms with Crippen LogP contribution in [-0.2, 0) is 12.1 Å². The van der Waals surface area contributed by atoms with E-state index in [0.717, 1.165) is 21.3 Å². The standard InChI is InChI=1S/C17H20BrNO2/c1-17(12-20,14-6-4-3-5-7-14)19-11-13-10-15(21-2)8-9-16(13)18/h3-10,19-20H,11-12H2,1-2H3. The third-order valence-corrected chi connectivity index (χ3v) is 4.42. The SMILES string of the molecule is COc1ccc(Br)c(CNC(C)(CO)c2ccccc2)c1. The van der Waals surface area contributed by atoms with Crippen LogP contribution in [0.5, 0.6) is 5.75 Å². The molecule has 2 rings (SSSR count). The zero-order valence-corrected chi connectivity index (χ0v) is 13.9. The lowest BCUT2D eigenvalue weighted by Gasteiger charge is -2.30. The minimum absolute atomic E-state index is 0.0264. The van der Waals surface area contributed by atoms with Crippen LogP contribution in [0.1, 0.15) is 18.1 Å². The fourth-order valence-electron chi connectivity index (χ4n) is 2.16. The van der Waals surface area contributed by atoms with Gasteiger partial charge < -0.3 is 15.2 Å². The van der Waals surface area contributed by atoms with Gasteiger partial charge in [-0.2, -0.15) is 0 Å². The molecule has 2 aromatic carbocycles. The van der Waals surface area contributed by atoms with Crippen molar-refractivity contribution < 1.29 is 9.84 Å². The Labute approximate surface area is 134 Å². The number of hydrogen-bond donors (Lipinski definition) is 2. The maximum atomic E-state index is 9.79. The third kappa shape index (κ3) is 3.84. The summed E-state index contributed by atoms with van der Waals surface area (Å²) in [7, 11) is 1.66. The average Bonchev–Trinajstić information content (AvgIpc) is 2.54. The lowest BCUT2D eigenvalue weighted by Crippen LogP contribution is -2.42. The van der Waals surface area contributed by atoms with Crippen LogP contribution in [0.2, 0.25) is 0 Å². The zero-order chi connectivity index (χ0) is 15.3. The topological polar surface area (TPSA) is 41.5 Å². The summed E-state index contributed by atoms with van der Waals surface area (Å²) in [6.07, 6.45) is 0. The number of halogens is 1. The van der Waals surface area contributed by atoms with E-state index in [1.54, 1.807) is 7.11 Å². The first-order valence-corrected chi connectivity index (χ1v) is 7.62. The fraction of sp³-hybridized carbons (Fsp3) is 0.294. The Balaban J connectivity index is 2.17. The van der Waals surface area contributed by atoms with E-state index in [1.807, 2.05) is 55.5 Å². The molecule has 0 aromatic heterocycles. The van der Waals surface area contributed by atoms with Crippen LogP contribution in [-0.4, -0.2) is 18.8 Å². The Morgan fingerprint density at radius 1 is 1.19 bits per heavy atom.